The standard InChI is InChI=1S/C12H10O.C8H11BrO.C7H7ClO/c13-12-9-5-4-8-11(12)10-6-2-1-3-7-10;1-6-4-3-5-8(2,10)7(6)9;1-5-4-6(8)2-3-7(5)9/h1-9,13H;3-5,7,10H,1-2H3;2-4,9H,1H3. The minimum atomic E-state index is -0.723. The molecule has 3 aromatic carbocycles. The van der Waals surface area contributed by atoms with Gasteiger partial charge in [0.1, 0.15) is 11.5 Å². The van der Waals surface area contributed by atoms with Crippen molar-refractivity contribution in [2.75, 3.05) is 0 Å². The SMILES string of the molecule is CC1=CC=CC(C)(O)C1Br.Cc1cc(Cl)ccc1O.Oc1ccccc1-c1ccccc1. The summed E-state index contributed by atoms with van der Waals surface area (Å²) < 4.78 is 0. The molecule has 0 radical (unpaired) electrons. The third kappa shape index (κ3) is 7.56. The van der Waals surface area contributed by atoms with Crippen molar-refractivity contribution >= 4 is 27.5 Å². The van der Waals surface area contributed by atoms with Crippen molar-refractivity contribution < 1.29 is 15.3 Å². The number of para-hydroxylation sites is 1. The van der Waals surface area contributed by atoms with Crippen molar-refractivity contribution in [2.24, 2.45) is 0 Å². The van der Waals surface area contributed by atoms with Crippen LogP contribution in [0.5, 0.6) is 11.5 Å². The molecule has 0 fully saturated rings. The van der Waals surface area contributed by atoms with Crippen LogP contribution in [0, 0.1) is 6.92 Å². The molecule has 0 aromatic heterocycles. The van der Waals surface area contributed by atoms with Crippen LogP contribution in [0.4, 0.5) is 0 Å². The van der Waals surface area contributed by atoms with Crippen LogP contribution in [-0.2, 0) is 0 Å². The summed E-state index contributed by atoms with van der Waals surface area (Å²) in [5.74, 6) is 0.619. The molecule has 4 rings (SSSR count). The molecule has 0 amide bonds. The van der Waals surface area contributed by atoms with Gasteiger partial charge >= 0.3 is 0 Å². The molecule has 0 spiro atoms. The van der Waals surface area contributed by atoms with Gasteiger partial charge in [0.05, 0.1) is 10.4 Å². The first kappa shape index (κ1) is 25.7. The molecule has 3 N–H and O–H groups in total. The maximum Gasteiger partial charge on any atom is 0.123 e. The van der Waals surface area contributed by atoms with Gasteiger partial charge in [0.25, 0.3) is 0 Å². The second kappa shape index (κ2) is 11.9. The van der Waals surface area contributed by atoms with Crippen LogP contribution in [0.1, 0.15) is 19.4 Å². The molecule has 3 nitrogen and oxygen atoms in total. The van der Waals surface area contributed by atoms with Gasteiger partial charge in [0.15, 0.2) is 0 Å². The number of benzene rings is 3. The summed E-state index contributed by atoms with van der Waals surface area (Å²) in [6.45, 7) is 5.60. The Morgan fingerprint density at radius 2 is 1.50 bits per heavy atom. The van der Waals surface area contributed by atoms with Gasteiger partial charge in [0, 0.05) is 10.6 Å². The highest BCUT2D eigenvalue weighted by molar-refractivity contribution is 9.09. The predicted octanol–water partition coefficient (Wildman–Crippen LogP) is 7.43. The summed E-state index contributed by atoms with van der Waals surface area (Å²) in [5, 5.41) is 28.8. The Hall–Kier alpha value is -2.53. The number of alkyl halides is 1. The number of halogens is 2. The highest BCUT2D eigenvalue weighted by Crippen LogP contribution is 2.29. The zero-order valence-electron chi connectivity index (χ0n) is 18.3. The molecule has 168 valence electrons. The number of allylic oxidation sites excluding steroid dienone is 2. The largest absolute Gasteiger partial charge is 0.508 e. The van der Waals surface area contributed by atoms with Crippen LogP contribution in [0.15, 0.2) is 96.6 Å². The van der Waals surface area contributed by atoms with E-state index in [2.05, 4.69) is 15.9 Å². The third-order valence-corrected chi connectivity index (χ3v) is 6.74. The predicted molar refractivity (Wildman–Crippen MR) is 138 cm³/mol. The Bertz CT molecular complexity index is 1080. The van der Waals surface area contributed by atoms with Crippen molar-refractivity contribution in [3.63, 3.8) is 0 Å². The molecule has 32 heavy (non-hydrogen) atoms. The summed E-state index contributed by atoms with van der Waals surface area (Å²) in [4.78, 5) is 0.0602. The van der Waals surface area contributed by atoms with Crippen molar-refractivity contribution in [1.82, 2.24) is 0 Å². The number of hydrogen-bond donors (Lipinski definition) is 3. The Morgan fingerprint density at radius 1 is 0.875 bits per heavy atom. The summed E-state index contributed by atoms with van der Waals surface area (Å²) in [5.41, 5.74) is 3.16. The van der Waals surface area contributed by atoms with E-state index < -0.39 is 5.60 Å². The Labute approximate surface area is 203 Å². The molecular weight excluding hydrogens is 488 g/mol. The van der Waals surface area contributed by atoms with E-state index in [1.807, 2.05) is 67.6 Å². The van der Waals surface area contributed by atoms with E-state index in [1.54, 1.807) is 44.2 Å². The molecule has 5 heteroatoms. The quantitative estimate of drug-likeness (QED) is 0.295. The highest BCUT2D eigenvalue weighted by atomic mass is 79.9. The second-order valence-corrected chi connectivity index (χ2v) is 9.02. The normalized spacial score (nSPS) is 19.1. The van der Waals surface area contributed by atoms with Gasteiger partial charge < -0.3 is 15.3 Å². The van der Waals surface area contributed by atoms with Crippen molar-refractivity contribution in [1.29, 1.82) is 0 Å². The average Bonchev–Trinajstić information content (AvgIpc) is 2.77. The van der Waals surface area contributed by atoms with E-state index in [0.717, 1.165) is 22.3 Å². The van der Waals surface area contributed by atoms with E-state index in [1.165, 1.54) is 0 Å². The molecule has 2 unspecified atom stereocenters. The van der Waals surface area contributed by atoms with Crippen molar-refractivity contribution in [2.45, 2.75) is 31.2 Å². The molecule has 0 saturated heterocycles. The fraction of sp³-hybridized carbons (Fsp3) is 0.185. The van der Waals surface area contributed by atoms with Gasteiger partial charge in [-0.05, 0) is 56.2 Å². The molecule has 0 saturated carbocycles. The number of phenols is 2. The fourth-order valence-corrected chi connectivity index (χ4v) is 3.51. The van der Waals surface area contributed by atoms with Crippen LogP contribution in [-0.4, -0.2) is 25.7 Å². The van der Waals surface area contributed by atoms with E-state index in [9.17, 15) is 10.2 Å². The lowest BCUT2D eigenvalue weighted by Gasteiger charge is -2.28. The van der Waals surface area contributed by atoms with Gasteiger partial charge in [-0.1, -0.05) is 99.9 Å². The minimum absolute atomic E-state index is 0.0602. The summed E-state index contributed by atoms with van der Waals surface area (Å²) in [6, 6.07) is 22.1. The van der Waals surface area contributed by atoms with E-state index in [4.69, 9.17) is 16.7 Å². The summed E-state index contributed by atoms with van der Waals surface area (Å²) in [7, 11) is 0. The molecule has 2 atom stereocenters. The summed E-state index contributed by atoms with van der Waals surface area (Å²) >= 11 is 9.01. The molecule has 0 heterocycles. The van der Waals surface area contributed by atoms with Crippen LogP contribution in [0.2, 0.25) is 5.02 Å². The lowest BCUT2D eigenvalue weighted by Crippen LogP contribution is -2.34. The number of aryl methyl sites for hydroxylation is 1. The zero-order valence-corrected chi connectivity index (χ0v) is 20.7. The smallest absolute Gasteiger partial charge is 0.123 e. The van der Waals surface area contributed by atoms with E-state index in [0.29, 0.717) is 16.5 Å². The van der Waals surface area contributed by atoms with Crippen LogP contribution in [0.25, 0.3) is 11.1 Å². The topological polar surface area (TPSA) is 60.7 Å². The van der Waals surface area contributed by atoms with E-state index >= 15 is 0 Å². The van der Waals surface area contributed by atoms with Crippen molar-refractivity contribution in [3.05, 3.63) is 107 Å². The van der Waals surface area contributed by atoms with E-state index in [-0.39, 0.29) is 4.83 Å². The summed E-state index contributed by atoms with van der Waals surface area (Å²) in [6.07, 6.45) is 5.67. The maximum absolute atomic E-state index is 9.64. The highest BCUT2D eigenvalue weighted by Gasteiger charge is 2.29. The number of hydrogen-bond acceptors (Lipinski definition) is 3. The monoisotopic (exact) mass is 514 g/mol. The van der Waals surface area contributed by atoms with Crippen LogP contribution >= 0.6 is 27.5 Å². The maximum atomic E-state index is 9.64. The first-order valence-corrected chi connectivity index (χ1v) is 11.4. The molecule has 1 aliphatic rings. The zero-order chi connectivity index (χ0) is 23.7. The molecule has 3 aromatic rings. The minimum Gasteiger partial charge on any atom is -0.508 e. The molecular formula is C27H28BrClO3. The lowest BCUT2D eigenvalue weighted by molar-refractivity contribution is 0.118. The van der Waals surface area contributed by atoms with Crippen LogP contribution in [0.3, 0.4) is 0 Å². The Balaban J connectivity index is 0.000000174. The van der Waals surface area contributed by atoms with Crippen LogP contribution < -0.4 is 0 Å². The number of aromatic hydroxyl groups is 2. The van der Waals surface area contributed by atoms with Gasteiger partial charge in [0.2, 0.25) is 0 Å². The Morgan fingerprint density at radius 3 is 2.03 bits per heavy atom. The first-order chi connectivity index (χ1) is 15.1. The number of rotatable bonds is 1. The van der Waals surface area contributed by atoms with Gasteiger partial charge in [-0.2, -0.15) is 0 Å². The lowest BCUT2D eigenvalue weighted by atomic mass is 9.92. The number of phenolic OH excluding ortho intramolecular Hbond substituents is 2. The molecule has 0 aliphatic heterocycles. The van der Waals surface area contributed by atoms with Gasteiger partial charge in [-0.25, -0.2) is 0 Å². The Kier molecular flexibility index (Phi) is 9.58. The van der Waals surface area contributed by atoms with Crippen molar-refractivity contribution in [3.8, 4) is 22.6 Å². The fourth-order valence-electron chi connectivity index (χ4n) is 2.98. The molecule has 0 bridgehead atoms. The van der Waals surface area contributed by atoms with Gasteiger partial charge in [-0.15, -0.1) is 0 Å². The average molecular weight is 516 g/mol. The third-order valence-electron chi connectivity index (χ3n) is 4.85. The molecule has 1 aliphatic carbocycles. The number of aliphatic hydroxyl groups is 1. The second-order valence-electron chi connectivity index (χ2n) is 7.67. The van der Waals surface area contributed by atoms with Gasteiger partial charge in [-0.3, -0.25) is 0 Å². The first-order valence-electron chi connectivity index (χ1n) is 10.1.